The first-order valence-electron chi connectivity index (χ1n) is 7.41. The molecule has 1 unspecified atom stereocenters. The number of imide groups is 1. The Bertz CT molecular complexity index is 689. The number of hydrogen-bond donors (Lipinski definition) is 1. The second kappa shape index (κ2) is 6.77. The van der Waals surface area contributed by atoms with Gasteiger partial charge in [0.25, 0.3) is 5.91 Å². The predicted molar refractivity (Wildman–Crippen MR) is 87.8 cm³/mol. The van der Waals surface area contributed by atoms with Crippen LogP contribution in [-0.2, 0) is 4.79 Å². The smallest absolute Gasteiger partial charge is 0.346 e. The van der Waals surface area contributed by atoms with Crippen LogP contribution in [0.25, 0.3) is 0 Å². The van der Waals surface area contributed by atoms with Crippen LogP contribution in [0.15, 0.2) is 17.2 Å². The lowest BCUT2D eigenvalue weighted by Crippen LogP contribution is -2.42. The molecule has 1 N–H and O–H groups in total. The van der Waals surface area contributed by atoms with Crippen LogP contribution >= 0.6 is 0 Å². The van der Waals surface area contributed by atoms with Gasteiger partial charge in [-0.2, -0.15) is 5.10 Å². The molecule has 1 aliphatic rings. The number of ether oxygens (including phenoxy) is 3. The number of urea groups is 1. The number of amides is 3. The van der Waals surface area contributed by atoms with Crippen molar-refractivity contribution in [3.05, 3.63) is 17.7 Å². The van der Waals surface area contributed by atoms with E-state index in [0.717, 1.165) is 5.01 Å². The zero-order chi connectivity index (χ0) is 17.9. The van der Waals surface area contributed by atoms with Crippen LogP contribution in [0, 0.1) is 0 Å². The van der Waals surface area contributed by atoms with Gasteiger partial charge in [0.05, 0.1) is 27.5 Å². The topological polar surface area (TPSA) is 89.5 Å². The molecule has 1 aromatic carbocycles. The van der Waals surface area contributed by atoms with Crippen LogP contribution in [0.1, 0.15) is 25.8 Å². The number of carbonyl (C=O) groups is 2. The van der Waals surface area contributed by atoms with Crippen molar-refractivity contribution in [2.75, 3.05) is 21.3 Å². The highest BCUT2D eigenvalue weighted by Crippen LogP contribution is 2.39. The van der Waals surface area contributed by atoms with Crippen molar-refractivity contribution >= 4 is 18.2 Å². The summed E-state index contributed by atoms with van der Waals surface area (Å²) >= 11 is 0. The lowest BCUT2D eigenvalue weighted by molar-refractivity contribution is -0.130. The first-order chi connectivity index (χ1) is 11.4. The van der Waals surface area contributed by atoms with Gasteiger partial charge in [-0.15, -0.1) is 5.01 Å². The maximum atomic E-state index is 12.3. The highest BCUT2D eigenvalue weighted by atomic mass is 16.5. The molecule has 24 heavy (non-hydrogen) atoms. The van der Waals surface area contributed by atoms with Gasteiger partial charge in [-0.05, 0) is 25.5 Å². The van der Waals surface area contributed by atoms with E-state index in [1.54, 1.807) is 19.1 Å². The van der Waals surface area contributed by atoms with Crippen molar-refractivity contribution in [3.63, 3.8) is 0 Å². The second-order valence-electron chi connectivity index (χ2n) is 5.40. The summed E-state index contributed by atoms with van der Waals surface area (Å²) in [5, 5.41) is 7.46. The van der Waals surface area contributed by atoms with Crippen LogP contribution < -0.4 is 19.5 Å². The molecule has 1 fully saturated rings. The van der Waals surface area contributed by atoms with Gasteiger partial charge in [0, 0.05) is 5.56 Å². The normalized spacial score (nSPS) is 20.5. The van der Waals surface area contributed by atoms with Crippen molar-refractivity contribution < 1.29 is 23.8 Å². The Labute approximate surface area is 140 Å². The maximum absolute atomic E-state index is 12.3. The fourth-order valence-electron chi connectivity index (χ4n) is 2.36. The van der Waals surface area contributed by atoms with Gasteiger partial charge >= 0.3 is 6.03 Å². The largest absolute Gasteiger partial charge is 0.493 e. The number of carbonyl (C=O) groups excluding carboxylic acids is 2. The first kappa shape index (κ1) is 17.6. The monoisotopic (exact) mass is 335 g/mol. The summed E-state index contributed by atoms with van der Waals surface area (Å²) in [7, 11) is 4.49. The van der Waals surface area contributed by atoms with Gasteiger partial charge < -0.3 is 19.5 Å². The molecule has 130 valence electrons. The van der Waals surface area contributed by atoms with Crippen molar-refractivity contribution in [1.82, 2.24) is 10.3 Å². The molecule has 0 aliphatic carbocycles. The van der Waals surface area contributed by atoms with Gasteiger partial charge in [0.15, 0.2) is 11.5 Å². The minimum atomic E-state index is -0.934. The SMILES string of the molecule is CCC1(C)NC(=O)N(/N=C/c2ccc(OC)c(OC)c2OC)C1=O. The van der Waals surface area contributed by atoms with E-state index in [1.807, 2.05) is 6.92 Å². The Balaban J connectivity index is 2.36. The quantitative estimate of drug-likeness (QED) is 0.632. The van der Waals surface area contributed by atoms with E-state index in [2.05, 4.69) is 10.4 Å². The molecule has 0 radical (unpaired) electrons. The third kappa shape index (κ3) is 2.86. The number of methoxy groups -OCH3 is 3. The molecule has 1 atom stereocenters. The van der Waals surface area contributed by atoms with Crippen molar-refractivity contribution in [2.45, 2.75) is 25.8 Å². The number of hydrogen-bond acceptors (Lipinski definition) is 6. The number of rotatable bonds is 6. The number of hydrazone groups is 1. The second-order valence-corrected chi connectivity index (χ2v) is 5.40. The van der Waals surface area contributed by atoms with E-state index in [1.165, 1.54) is 27.5 Å². The number of nitrogens with zero attached hydrogens (tertiary/aromatic N) is 2. The van der Waals surface area contributed by atoms with E-state index in [-0.39, 0.29) is 0 Å². The molecule has 8 nitrogen and oxygen atoms in total. The summed E-state index contributed by atoms with van der Waals surface area (Å²) in [4.78, 5) is 24.3. The molecular formula is C16H21N3O5. The van der Waals surface area contributed by atoms with Gasteiger partial charge in [-0.1, -0.05) is 6.92 Å². The van der Waals surface area contributed by atoms with Crippen LogP contribution in [-0.4, -0.2) is 50.0 Å². The van der Waals surface area contributed by atoms with Gasteiger partial charge in [0.1, 0.15) is 5.54 Å². The average molecular weight is 335 g/mol. The van der Waals surface area contributed by atoms with Crippen LogP contribution in [0.5, 0.6) is 17.2 Å². The molecule has 8 heteroatoms. The van der Waals surface area contributed by atoms with Crippen LogP contribution in [0.4, 0.5) is 4.79 Å². The lowest BCUT2D eigenvalue weighted by atomic mass is 10.00. The van der Waals surface area contributed by atoms with E-state index in [4.69, 9.17) is 14.2 Å². The van der Waals surface area contributed by atoms with Crippen molar-refractivity contribution in [1.29, 1.82) is 0 Å². The Morgan fingerprint density at radius 3 is 2.33 bits per heavy atom. The molecule has 3 amide bonds. The molecule has 0 aromatic heterocycles. The molecule has 1 aromatic rings. The predicted octanol–water partition coefficient (Wildman–Crippen LogP) is 1.77. The van der Waals surface area contributed by atoms with Crippen LogP contribution in [0.2, 0.25) is 0 Å². The van der Waals surface area contributed by atoms with Crippen molar-refractivity contribution in [3.8, 4) is 17.2 Å². The fraction of sp³-hybridized carbons (Fsp3) is 0.438. The highest BCUT2D eigenvalue weighted by molar-refractivity contribution is 6.07. The third-order valence-corrected chi connectivity index (χ3v) is 3.99. The summed E-state index contributed by atoms with van der Waals surface area (Å²) in [6.07, 6.45) is 1.85. The summed E-state index contributed by atoms with van der Waals surface area (Å²) < 4.78 is 15.8. The molecule has 1 aliphatic heterocycles. The summed E-state index contributed by atoms with van der Waals surface area (Å²) in [6, 6.07) is 2.83. The summed E-state index contributed by atoms with van der Waals surface area (Å²) in [5.74, 6) is 0.899. The van der Waals surface area contributed by atoms with E-state index >= 15 is 0 Å². The molecular weight excluding hydrogens is 314 g/mol. The van der Waals surface area contributed by atoms with E-state index in [0.29, 0.717) is 29.2 Å². The summed E-state index contributed by atoms with van der Waals surface area (Å²) in [6.45, 7) is 3.49. The lowest BCUT2D eigenvalue weighted by Gasteiger charge is -2.17. The third-order valence-electron chi connectivity index (χ3n) is 3.99. The van der Waals surface area contributed by atoms with Gasteiger partial charge in [0.2, 0.25) is 5.75 Å². The van der Waals surface area contributed by atoms with Crippen LogP contribution in [0.3, 0.4) is 0 Å². The molecule has 0 spiro atoms. The average Bonchev–Trinajstić information content (AvgIpc) is 2.81. The standard InChI is InChI=1S/C16H21N3O5/c1-6-16(2)14(20)19(15(21)18-16)17-9-10-7-8-11(22-3)13(24-5)12(10)23-4/h7-9H,6H2,1-5H3,(H,18,21)/b17-9+. The molecule has 1 heterocycles. The number of benzene rings is 1. The Kier molecular flexibility index (Phi) is 4.96. The van der Waals surface area contributed by atoms with E-state index < -0.39 is 17.5 Å². The Hall–Kier alpha value is -2.77. The molecule has 0 saturated carbocycles. The fourth-order valence-corrected chi connectivity index (χ4v) is 2.36. The maximum Gasteiger partial charge on any atom is 0.346 e. The zero-order valence-electron chi connectivity index (χ0n) is 14.4. The summed E-state index contributed by atoms with van der Waals surface area (Å²) in [5.41, 5.74) is -0.392. The Morgan fingerprint density at radius 2 is 1.83 bits per heavy atom. The van der Waals surface area contributed by atoms with Crippen molar-refractivity contribution in [2.24, 2.45) is 5.10 Å². The number of nitrogens with one attached hydrogen (secondary N) is 1. The zero-order valence-corrected chi connectivity index (χ0v) is 14.4. The minimum absolute atomic E-state index is 0.394. The first-order valence-corrected chi connectivity index (χ1v) is 7.41. The van der Waals surface area contributed by atoms with Gasteiger partial charge in [-0.3, -0.25) is 4.79 Å². The molecule has 1 saturated heterocycles. The van der Waals surface area contributed by atoms with E-state index in [9.17, 15) is 9.59 Å². The van der Waals surface area contributed by atoms with Gasteiger partial charge in [-0.25, -0.2) is 4.79 Å². The highest BCUT2D eigenvalue weighted by Gasteiger charge is 2.46. The molecule has 2 rings (SSSR count). The minimum Gasteiger partial charge on any atom is -0.493 e. The Morgan fingerprint density at radius 1 is 1.17 bits per heavy atom. The molecule has 0 bridgehead atoms.